The van der Waals surface area contributed by atoms with Gasteiger partial charge in [0.05, 0.1) is 17.5 Å². The molecule has 27 heavy (non-hydrogen) atoms. The van der Waals surface area contributed by atoms with Crippen molar-refractivity contribution in [2.24, 2.45) is 0 Å². The highest BCUT2D eigenvalue weighted by atomic mass is 32.2. The summed E-state index contributed by atoms with van der Waals surface area (Å²) in [6, 6.07) is 6.75. The van der Waals surface area contributed by atoms with E-state index in [9.17, 15) is 13.2 Å². The van der Waals surface area contributed by atoms with Gasteiger partial charge in [0.1, 0.15) is 0 Å². The van der Waals surface area contributed by atoms with E-state index in [2.05, 4.69) is 12.2 Å². The molecule has 8 heteroatoms. The first-order valence-electron chi connectivity index (χ1n) is 9.52. The highest BCUT2D eigenvalue weighted by molar-refractivity contribution is 7.89. The third-order valence-electron chi connectivity index (χ3n) is 4.85. The average Bonchev–Trinajstić information content (AvgIpc) is 2.96. The summed E-state index contributed by atoms with van der Waals surface area (Å²) >= 11 is 0. The molecule has 150 valence electrons. The van der Waals surface area contributed by atoms with E-state index in [1.165, 1.54) is 11.2 Å². The van der Waals surface area contributed by atoms with Crippen LogP contribution in [0.1, 0.15) is 45.6 Å². The van der Waals surface area contributed by atoms with Crippen LogP contribution < -0.4 is 5.32 Å². The number of rotatable bonds is 9. The van der Waals surface area contributed by atoms with Gasteiger partial charge in [0.25, 0.3) is 10.0 Å². The molecule has 0 spiro atoms. The second-order valence-electron chi connectivity index (χ2n) is 6.85. The summed E-state index contributed by atoms with van der Waals surface area (Å²) in [6.45, 7) is 7.13. The summed E-state index contributed by atoms with van der Waals surface area (Å²) in [6.07, 6.45) is 3.39. The van der Waals surface area contributed by atoms with Crippen molar-refractivity contribution < 1.29 is 13.2 Å². The standard InChI is InChI=1S/C19H30N4O3S/c1-4-6-13-22-17(5-2)14-23(19(22)20)27(25,26)18-9-7-16(8-10-18)11-12-21-15(3)24/h7-10,17,20H,4-6,11-14H2,1-3H3,(H,21,24). The molecule has 1 aliphatic rings. The van der Waals surface area contributed by atoms with Gasteiger partial charge in [-0.1, -0.05) is 32.4 Å². The second-order valence-corrected chi connectivity index (χ2v) is 8.71. The number of nitrogens with zero attached hydrogens (tertiary/aromatic N) is 2. The molecule has 1 heterocycles. The Bertz CT molecular complexity index is 762. The molecule has 0 bridgehead atoms. The highest BCUT2D eigenvalue weighted by Gasteiger charge is 2.40. The van der Waals surface area contributed by atoms with E-state index >= 15 is 0 Å². The highest BCUT2D eigenvalue weighted by Crippen LogP contribution is 2.26. The largest absolute Gasteiger partial charge is 0.356 e. The summed E-state index contributed by atoms with van der Waals surface area (Å²) in [5.41, 5.74) is 0.954. The zero-order valence-electron chi connectivity index (χ0n) is 16.4. The topological polar surface area (TPSA) is 93.6 Å². The van der Waals surface area contributed by atoms with Crippen molar-refractivity contribution in [2.75, 3.05) is 19.6 Å². The number of amides is 1. The number of carbonyl (C=O) groups is 1. The predicted octanol–water partition coefficient (Wildman–Crippen LogP) is 2.18. The van der Waals surface area contributed by atoms with E-state index in [1.54, 1.807) is 24.3 Å². The second kappa shape index (κ2) is 9.21. The Balaban J connectivity index is 2.13. The molecular formula is C19H30N4O3S. The lowest BCUT2D eigenvalue weighted by Gasteiger charge is -2.24. The van der Waals surface area contributed by atoms with Gasteiger partial charge in [-0.25, -0.2) is 12.7 Å². The van der Waals surface area contributed by atoms with Gasteiger partial charge in [0.2, 0.25) is 11.9 Å². The Morgan fingerprint density at radius 1 is 1.26 bits per heavy atom. The molecule has 2 rings (SSSR count). The molecule has 0 saturated carbocycles. The van der Waals surface area contributed by atoms with Gasteiger partial charge in [0, 0.05) is 20.0 Å². The van der Waals surface area contributed by atoms with Gasteiger partial charge in [-0.05, 0) is 37.0 Å². The van der Waals surface area contributed by atoms with Gasteiger partial charge in [-0.2, -0.15) is 0 Å². The molecule has 1 aromatic rings. The van der Waals surface area contributed by atoms with Gasteiger partial charge in [-0.15, -0.1) is 0 Å². The summed E-state index contributed by atoms with van der Waals surface area (Å²) in [5.74, 6) is -0.00937. The Labute approximate surface area is 162 Å². The van der Waals surface area contributed by atoms with Crippen LogP contribution in [-0.4, -0.2) is 55.2 Å². The normalized spacial score (nSPS) is 17.4. The maximum Gasteiger partial charge on any atom is 0.266 e. The maximum atomic E-state index is 13.0. The van der Waals surface area contributed by atoms with E-state index < -0.39 is 10.0 Å². The minimum atomic E-state index is -3.74. The number of hydrogen-bond acceptors (Lipinski definition) is 4. The summed E-state index contributed by atoms with van der Waals surface area (Å²) < 4.78 is 27.3. The van der Waals surface area contributed by atoms with E-state index in [0.717, 1.165) is 24.8 Å². The molecule has 0 aromatic heterocycles. The van der Waals surface area contributed by atoms with E-state index in [4.69, 9.17) is 5.41 Å². The Hall–Kier alpha value is -2.09. The van der Waals surface area contributed by atoms with E-state index in [-0.39, 0.29) is 22.8 Å². The van der Waals surface area contributed by atoms with Gasteiger partial charge >= 0.3 is 0 Å². The minimum absolute atomic E-state index is 0.0516. The van der Waals surface area contributed by atoms with Crippen LogP contribution in [0.5, 0.6) is 0 Å². The zero-order chi connectivity index (χ0) is 20.0. The van der Waals surface area contributed by atoms with Crippen molar-refractivity contribution in [3.8, 4) is 0 Å². The third kappa shape index (κ3) is 5.00. The van der Waals surface area contributed by atoms with E-state index in [1.807, 2.05) is 11.8 Å². The van der Waals surface area contributed by atoms with Gasteiger partial charge < -0.3 is 10.2 Å². The van der Waals surface area contributed by atoms with Crippen LogP contribution in [0, 0.1) is 5.41 Å². The number of guanidine groups is 1. The SMILES string of the molecule is CCCCN1C(=N)N(S(=O)(=O)c2ccc(CCNC(C)=O)cc2)CC1CC. The van der Waals surface area contributed by atoms with E-state index in [0.29, 0.717) is 26.1 Å². The first-order valence-corrected chi connectivity index (χ1v) is 11.0. The monoisotopic (exact) mass is 394 g/mol. The van der Waals surface area contributed by atoms with Crippen molar-refractivity contribution in [3.05, 3.63) is 29.8 Å². The van der Waals surface area contributed by atoms with Crippen LogP contribution >= 0.6 is 0 Å². The molecule has 2 N–H and O–H groups in total. The summed E-state index contributed by atoms with van der Waals surface area (Å²) in [5, 5.41) is 11.1. The number of carbonyl (C=O) groups excluding carboxylic acids is 1. The minimum Gasteiger partial charge on any atom is -0.356 e. The van der Waals surface area contributed by atoms with Crippen molar-refractivity contribution in [2.45, 2.75) is 57.4 Å². The van der Waals surface area contributed by atoms with Crippen LogP contribution in [-0.2, 0) is 21.2 Å². The average molecular weight is 395 g/mol. The Kier molecular flexibility index (Phi) is 7.24. The van der Waals surface area contributed by atoms with Crippen LogP contribution in [0.25, 0.3) is 0 Å². The molecule has 1 amide bonds. The predicted molar refractivity (Wildman–Crippen MR) is 106 cm³/mol. The van der Waals surface area contributed by atoms with Crippen molar-refractivity contribution in [3.63, 3.8) is 0 Å². The maximum absolute atomic E-state index is 13.0. The number of benzene rings is 1. The quantitative estimate of drug-likeness (QED) is 0.671. The first-order chi connectivity index (χ1) is 12.8. The number of sulfonamides is 1. The van der Waals surface area contributed by atoms with Gasteiger partial charge in [0.15, 0.2) is 0 Å². The lowest BCUT2D eigenvalue weighted by Crippen LogP contribution is -2.38. The van der Waals surface area contributed by atoms with Crippen molar-refractivity contribution in [1.82, 2.24) is 14.5 Å². The first kappa shape index (κ1) is 21.2. The zero-order valence-corrected chi connectivity index (χ0v) is 17.2. The lowest BCUT2D eigenvalue weighted by atomic mass is 10.1. The molecule has 1 fully saturated rings. The number of nitrogens with one attached hydrogen (secondary N) is 2. The van der Waals surface area contributed by atoms with Crippen LogP contribution in [0.2, 0.25) is 0 Å². The smallest absolute Gasteiger partial charge is 0.266 e. The molecule has 1 saturated heterocycles. The summed E-state index contributed by atoms with van der Waals surface area (Å²) in [7, 11) is -3.74. The van der Waals surface area contributed by atoms with Crippen LogP contribution in [0.4, 0.5) is 0 Å². The molecule has 1 aromatic carbocycles. The third-order valence-corrected chi connectivity index (χ3v) is 6.62. The molecule has 0 aliphatic carbocycles. The van der Waals surface area contributed by atoms with Crippen LogP contribution in [0.3, 0.4) is 0 Å². The number of hydrogen-bond donors (Lipinski definition) is 2. The lowest BCUT2D eigenvalue weighted by molar-refractivity contribution is -0.118. The van der Waals surface area contributed by atoms with Crippen molar-refractivity contribution >= 4 is 21.9 Å². The fourth-order valence-electron chi connectivity index (χ4n) is 3.21. The number of unbranched alkanes of at least 4 members (excludes halogenated alkanes) is 1. The molecule has 1 aliphatic heterocycles. The van der Waals surface area contributed by atoms with Gasteiger partial charge in [-0.3, -0.25) is 10.2 Å². The summed E-state index contributed by atoms with van der Waals surface area (Å²) in [4.78, 5) is 13.0. The fourth-order valence-corrected chi connectivity index (χ4v) is 4.64. The molecular weight excluding hydrogens is 364 g/mol. The Morgan fingerprint density at radius 2 is 1.93 bits per heavy atom. The molecule has 7 nitrogen and oxygen atoms in total. The molecule has 0 radical (unpaired) electrons. The van der Waals surface area contributed by atoms with Crippen molar-refractivity contribution in [1.29, 1.82) is 5.41 Å². The van der Waals surface area contributed by atoms with Crippen LogP contribution in [0.15, 0.2) is 29.2 Å². The molecule has 1 atom stereocenters. The molecule has 1 unspecified atom stereocenters. The Morgan fingerprint density at radius 3 is 2.48 bits per heavy atom. The fraction of sp³-hybridized carbons (Fsp3) is 0.579.